The van der Waals surface area contributed by atoms with Gasteiger partial charge in [-0.2, -0.15) is 0 Å². The number of amides is 1. The van der Waals surface area contributed by atoms with Gasteiger partial charge in [-0.25, -0.2) is 0 Å². The predicted octanol–water partition coefficient (Wildman–Crippen LogP) is 2.49. The van der Waals surface area contributed by atoms with Crippen molar-refractivity contribution in [3.63, 3.8) is 0 Å². The van der Waals surface area contributed by atoms with E-state index in [0.29, 0.717) is 17.9 Å². The lowest BCUT2D eigenvalue weighted by atomic mass is 9.90. The predicted molar refractivity (Wildman–Crippen MR) is 94.4 cm³/mol. The van der Waals surface area contributed by atoms with Gasteiger partial charge < -0.3 is 15.1 Å². The van der Waals surface area contributed by atoms with E-state index in [-0.39, 0.29) is 5.92 Å². The number of nitrogens with zero attached hydrogens (tertiary/aromatic N) is 2. The summed E-state index contributed by atoms with van der Waals surface area (Å²) < 4.78 is 0. The summed E-state index contributed by atoms with van der Waals surface area (Å²) in [5.41, 5.74) is 0. The highest BCUT2D eigenvalue weighted by molar-refractivity contribution is 5.79. The molecule has 3 heterocycles. The summed E-state index contributed by atoms with van der Waals surface area (Å²) in [4.78, 5) is 17.7. The van der Waals surface area contributed by atoms with Crippen molar-refractivity contribution in [3.05, 3.63) is 0 Å². The average Bonchev–Trinajstić information content (AvgIpc) is 2.83. The Labute approximate surface area is 142 Å². The molecular formula is C19H35N3O. The van der Waals surface area contributed by atoms with Crippen molar-refractivity contribution in [2.45, 2.75) is 64.3 Å². The number of nitrogens with one attached hydrogen (secondary N) is 1. The molecule has 0 aromatic rings. The zero-order valence-electron chi connectivity index (χ0n) is 14.9. The van der Waals surface area contributed by atoms with E-state index < -0.39 is 0 Å². The van der Waals surface area contributed by atoms with Crippen LogP contribution in [0.3, 0.4) is 0 Å². The van der Waals surface area contributed by atoms with Crippen molar-refractivity contribution < 1.29 is 4.79 Å². The minimum atomic E-state index is 0.267. The second-order valence-electron chi connectivity index (χ2n) is 8.08. The maximum atomic E-state index is 12.9. The lowest BCUT2D eigenvalue weighted by Gasteiger charge is -2.38. The van der Waals surface area contributed by atoms with Crippen LogP contribution < -0.4 is 5.32 Å². The number of rotatable bonds is 3. The number of carbonyl (C=O) groups is 1. The van der Waals surface area contributed by atoms with Gasteiger partial charge in [-0.05, 0) is 71.0 Å². The maximum absolute atomic E-state index is 12.9. The molecule has 3 fully saturated rings. The molecule has 1 unspecified atom stereocenters. The summed E-state index contributed by atoms with van der Waals surface area (Å²) in [6.45, 7) is 8.97. The zero-order valence-corrected chi connectivity index (χ0v) is 14.9. The van der Waals surface area contributed by atoms with Gasteiger partial charge in [0.25, 0.3) is 0 Å². The highest BCUT2D eigenvalue weighted by atomic mass is 16.2. The molecule has 4 heteroatoms. The molecule has 0 spiro atoms. The van der Waals surface area contributed by atoms with Gasteiger partial charge in [0.1, 0.15) is 0 Å². The lowest BCUT2D eigenvalue weighted by molar-refractivity contribution is -0.138. The molecular weight excluding hydrogens is 286 g/mol. The molecule has 0 aromatic carbocycles. The van der Waals surface area contributed by atoms with Crippen LogP contribution in [0.25, 0.3) is 0 Å². The van der Waals surface area contributed by atoms with Crippen LogP contribution in [0.15, 0.2) is 0 Å². The molecule has 1 N–H and O–H groups in total. The van der Waals surface area contributed by atoms with Crippen molar-refractivity contribution in [2.75, 3.05) is 39.3 Å². The largest absolute Gasteiger partial charge is 0.342 e. The number of piperidine rings is 2. The Morgan fingerprint density at radius 3 is 2.57 bits per heavy atom. The first-order valence-corrected chi connectivity index (χ1v) is 9.97. The molecule has 0 aliphatic carbocycles. The molecule has 1 amide bonds. The van der Waals surface area contributed by atoms with Gasteiger partial charge in [-0.3, -0.25) is 4.79 Å². The van der Waals surface area contributed by atoms with Crippen molar-refractivity contribution >= 4 is 5.91 Å². The summed E-state index contributed by atoms with van der Waals surface area (Å²) >= 11 is 0. The van der Waals surface area contributed by atoms with E-state index in [1.165, 1.54) is 58.2 Å². The van der Waals surface area contributed by atoms with Crippen molar-refractivity contribution in [1.29, 1.82) is 0 Å². The fraction of sp³-hybridized carbons (Fsp3) is 0.947. The van der Waals surface area contributed by atoms with E-state index in [2.05, 4.69) is 22.0 Å². The van der Waals surface area contributed by atoms with E-state index >= 15 is 0 Å². The molecule has 0 aromatic heterocycles. The third kappa shape index (κ3) is 4.93. The Kier molecular flexibility index (Phi) is 6.35. The van der Waals surface area contributed by atoms with Gasteiger partial charge in [-0.15, -0.1) is 0 Å². The van der Waals surface area contributed by atoms with Crippen LogP contribution in [-0.2, 0) is 4.79 Å². The number of likely N-dealkylation sites (tertiary alicyclic amines) is 2. The Bertz CT molecular complexity index is 379. The van der Waals surface area contributed by atoms with Crippen molar-refractivity contribution in [2.24, 2.45) is 11.8 Å². The normalized spacial score (nSPS) is 34.1. The van der Waals surface area contributed by atoms with E-state index in [4.69, 9.17) is 0 Å². The minimum absolute atomic E-state index is 0.267. The smallest absolute Gasteiger partial charge is 0.225 e. The summed E-state index contributed by atoms with van der Waals surface area (Å²) in [5, 5.41) is 3.46. The molecule has 23 heavy (non-hydrogen) atoms. The first kappa shape index (κ1) is 17.2. The Morgan fingerprint density at radius 2 is 1.83 bits per heavy atom. The summed E-state index contributed by atoms with van der Waals surface area (Å²) in [6.07, 6.45) is 10.1. The Hall–Kier alpha value is -0.610. The molecule has 4 nitrogen and oxygen atoms in total. The Balaban J connectivity index is 1.49. The van der Waals surface area contributed by atoms with Crippen LogP contribution in [0.4, 0.5) is 0 Å². The summed E-state index contributed by atoms with van der Waals surface area (Å²) in [5.74, 6) is 1.41. The average molecular weight is 322 g/mol. The third-order valence-corrected chi connectivity index (χ3v) is 6.02. The van der Waals surface area contributed by atoms with E-state index in [0.717, 1.165) is 32.5 Å². The topological polar surface area (TPSA) is 35.6 Å². The van der Waals surface area contributed by atoms with Gasteiger partial charge in [0.2, 0.25) is 5.91 Å². The molecule has 3 atom stereocenters. The standard InChI is InChI=1S/C19H35N3O/c1-16-13-18(8-9-20-16)19(23)22-12-6-7-17(15-22)14-21-10-4-2-3-5-11-21/h16-18,20H,2-15H2,1H3/t16-,17?,18-/m0/s1. The molecule has 3 aliphatic heterocycles. The highest BCUT2D eigenvalue weighted by Crippen LogP contribution is 2.24. The molecule has 3 saturated heterocycles. The van der Waals surface area contributed by atoms with Crippen LogP contribution >= 0.6 is 0 Å². The molecule has 132 valence electrons. The van der Waals surface area contributed by atoms with Gasteiger partial charge >= 0.3 is 0 Å². The van der Waals surface area contributed by atoms with Gasteiger partial charge in [0.15, 0.2) is 0 Å². The van der Waals surface area contributed by atoms with Gasteiger partial charge in [0.05, 0.1) is 0 Å². The van der Waals surface area contributed by atoms with Gasteiger partial charge in [-0.1, -0.05) is 12.8 Å². The minimum Gasteiger partial charge on any atom is -0.342 e. The van der Waals surface area contributed by atoms with E-state index in [1.54, 1.807) is 0 Å². The summed E-state index contributed by atoms with van der Waals surface area (Å²) in [7, 11) is 0. The van der Waals surface area contributed by atoms with Crippen LogP contribution in [0, 0.1) is 11.8 Å². The van der Waals surface area contributed by atoms with Crippen molar-refractivity contribution in [3.8, 4) is 0 Å². The fourth-order valence-corrected chi connectivity index (χ4v) is 4.71. The maximum Gasteiger partial charge on any atom is 0.225 e. The fourth-order valence-electron chi connectivity index (χ4n) is 4.71. The third-order valence-electron chi connectivity index (χ3n) is 6.02. The molecule has 0 radical (unpaired) electrons. The van der Waals surface area contributed by atoms with Crippen LogP contribution in [0.1, 0.15) is 58.3 Å². The van der Waals surface area contributed by atoms with Crippen LogP contribution in [-0.4, -0.2) is 61.0 Å². The second-order valence-corrected chi connectivity index (χ2v) is 8.08. The summed E-state index contributed by atoms with van der Waals surface area (Å²) in [6, 6.07) is 0.496. The quantitative estimate of drug-likeness (QED) is 0.867. The number of hydrogen-bond acceptors (Lipinski definition) is 3. The van der Waals surface area contributed by atoms with E-state index in [1.807, 2.05) is 0 Å². The monoisotopic (exact) mass is 321 g/mol. The highest BCUT2D eigenvalue weighted by Gasteiger charge is 2.31. The van der Waals surface area contributed by atoms with Crippen LogP contribution in [0.2, 0.25) is 0 Å². The molecule has 0 saturated carbocycles. The zero-order chi connectivity index (χ0) is 16.1. The SMILES string of the molecule is C[C@H]1C[C@@H](C(=O)N2CCCC(CN3CCCCCC3)C2)CCN1. The number of carbonyl (C=O) groups excluding carboxylic acids is 1. The van der Waals surface area contributed by atoms with Crippen LogP contribution in [0.5, 0.6) is 0 Å². The Morgan fingerprint density at radius 1 is 1.04 bits per heavy atom. The first-order chi connectivity index (χ1) is 11.2. The molecule has 0 bridgehead atoms. The first-order valence-electron chi connectivity index (χ1n) is 9.97. The number of hydrogen-bond donors (Lipinski definition) is 1. The van der Waals surface area contributed by atoms with E-state index in [9.17, 15) is 4.79 Å². The van der Waals surface area contributed by atoms with Gasteiger partial charge in [0, 0.05) is 31.6 Å². The molecule has 3 aliphatic rings. The second kappa shape index (κ2) is 8.48. The van der Waals surface area contributed by atoms with Crippen molar-refractivity contribution in [1.82, 2.24) is 15.1 Å². The lowest BCUT2D eigenvalue weighted by Crippen LogP contribution is -2.48. The molecule has 3 rings (SSSR count).